The van der Waals surface area contributed by atoms with Crippen molar-refractivity contribution in [2.75, 3.05) is 5.73 Å². The first-order valence-corrected chi connectivity index (χ1v) is 9.82. The third-order valence-corrected chi connectivity index (χ3v) is 5.28. The number of H-pyrrole nitrogens is 2. The van der Waals surface area contributed by atoms with E-state index < -0.39 is 0 Å². The molecule has 0 radical (unpaired) electrons. The Hall–Kier alpha value is -4.66. The lowest BCUT2D eigenvalue weighted by Crippen LogP contribution is -1.89. The first-order chi connectivity index (χ1) is 15.7. The van der Waals surface area contributed by atoms with Crippen LogP contribution in [0.4, 0.5) is 10.1 Å². The molecule has 0 bridgehead atoms. The first-order valence-electron chi connectivity index (χ1n) is 9.82. The summed E-state index contributed by atoms with van der Waals surface area (Å²) in [6.45, 7) is 0. The van der Waals surface area contributed by atoms with Crippen molar-refractivity contribution in [2.24, 2.45) is 0 Å². The van der Waals surface area contributed by atoms with E-state index in [4.69, 9.17) is 10.7 Å². The minimum atomic E-state index is -0.320. The number of halogens is 1. The molecule has 0 atom stereocenters. The third kappa shape index (κ3) is 2.87. The summed E-state index contributed by atoms with van der Waals surface area (Å²) in [6.07, 6.45) is 6.68. The molecule has 154 valence electrons. The van der Waals surface area contributed by atoms with Crippen LogP contribution in [0.5, 0.6) is 0 Å². The normalized spacial score (nSPS) is 11.4. The zero-order valence-corrected chi connectivity index (χ0v) is 16.5. The summed E-state index contributed by atoms with van der Waals surface area (Å²) >= 11 is 0. The van der Waals surface area contributed by atoms with E-state index in [0.717, 1.165) is 16.5 Å². The van der Waals surface area contributed by atoms with Gasteiger partial charge in [0.05, 0.1) is 11.1 Å². The van der Waals surface area contributed by atoms with E-state index in [0.29, 0.717) is 45.1 Å². The maximum Gasteiger partial charge on any atom is 0.161 e. The lowest BCUT2D eigenvalue weighted by atomic mass is 10.1. The molecular formula is C23H15FN8. The molecule has 8 nitrogen and oxygen atoms in total. The van der Waals surface area contributed by atoms with Gasteiger partial charge in [0.15, 0.2) is 17.1 Å². The maximum absolute atomic E-state index is 14.4. The van der Waals surface area contributed by atoms with Gasteiger partial charge in [-0.1, -0.05) is 18.2 Å². The Bertz CT molecular complexity index is 1620. The van der Waals surface area contributed by atoms with E-state index in [1.807, 2.05) is 12.1 Å². The number of aromatic amines is 2. The highest BCUT2D eigenvalue weighted by atomic mass is 19.1. The number of nitrogens with one attached hydrogen (secondary N) is 2. The minimum Gasteiger partial charge on any atom is -0.397 e. The van der Waals surface area contributed by atoms with Crippen LogP contribution in [0.1, 0.15) is 0 Å². The molecule has 0 aliphatic rings. The molecule has 0 saturated heterocycles. The number of pyridine rings is 3. The predicted octanol–water partition coefficient (Wildman–Crippen LogP) is 4.35. The smallest absolute Gasteiger partial charge is 0.161 e. The summed E-state index contributed by atoms with van der Waals surface area (Å²) in [5.41, 5.74) is 11.6. The monoisotopic (exact) mass is 422 g/mol. The van der Waals surface area contributed by atoms with Crippen molar-refractivity contribution in [1.29, 1.82) is 0 Å². The second-order valence-corrected chi connectivity index (χ2v) is 7.32. The summed E-state index contributed by atoms with van der Waals surface area (Å²) in [7, 11) is 0. The van der Waals surface area contributed by atoms with E-state index in [9.17, 15) is 4.39 Å². The van der Waals surface area contributed by atoms with Crippen molar-refractivity contribution < 1.29 is 4.39 Å². The highest BCUT2D eigenvalue weighted by Crippen LogP contribution is 2.32. The molecule has 5 heterocycles. The minimum absolute atomic E-state index is 0.320. The third-order valence-electron chi connectivity index (χ3n) is 5.28. The van der Waals surface area contributed by atoms with Crippen molar-refractivity contribution >= 4 is 27.9 Å². The summed E-state index contributed by atoms with van der Waals surface area (Å²) in [5, 5.41) is 8.12. The number of nitrogen functional groups attached to an aromatic ring is 1. The predicted molar refractivity (Wildman–Crippen MR) is 120 cm³/mol. The van der Waals surface area contributed by atoms with E-state index in [-0.39, 0.29) is 5.82 Å². The van der Waals surface area contributed by atoms with Crippen LogP contribution in [0, 0.1) is 5.82 Å². The molecule has 0 aliphatic carbocycles. The maximum atomic E-state index is 14.4. The van der Waals surface area contributed by atoms with Gasteiger partial charge in [-0.25, -0.2) is 19.3 Å². The summed E-state index contributed by atoms with van der Waals surface area (Å²) in [6, 6.07) is 12.1. The summed E-state index contributed by atoms with van der Waals surface area (Å²) in [4.78, 5) is 20.9. The van der Waals surface area contributed by atoms with Crippen LogP contribution in [0.3, 0.4) is 0 Å². The molecule has 1 aromatic carbocycles. The molecule has 6 rings (SSSR count). The molecule has 0 aliphatic heterocycles. The number of nitrogens with two attached hydrogens (primary N) is 1. The van der Waals surface area contributed by atoms with Gasteiger partial charge in [-0.05, 0) is 24.3 Å². The molecule has 0 saturated carbocycles. The summed E-state index contributed by atoms with van der Waals surface area (Å²) < 4.78 is 14.4. The number of aromatic nitrogens is 7. The number of imidazole rings is 1. The van der Waals surface area contributed by atoms with Crippen LogP contribution in [0.25, 0.3) is 56.0 Å². The van der Waals surface area contributed by atoms with Crippen LogP contribution >= 0.6 is 0 Å². The lowest BCUT2D eigenvalue weighted by molar-refractivity contribution is 0.631. The van der Waals surface area contributed by atoms with Gasteiger partial charge in [0.1, 0.15) is 17.0 Å². The second kappa shape index (κ2) is 6.95. The van der Waals surface area contributed by atoms with Crippen molar-refractivity contribution in [1.82, 2.24) is 35.1 Å². The van der Waals surface area contributed by atoms with Crippen molar-refractivity contribution in [3.05, 3.63) is 73.1 Å². The fourth-order valence-corrected chi connectivity index (χ4v) is 3.78. The number of anilines is 1. The van der Waals surface area contributed by atoms with E-state index in [1.54, 1.807) is 49.1 Å². The van der Waals surface area contributed by atoms with Gasteiger partial charge in [-0.2, -0.15) is 5.10 Å². The van der Waals surface area contributed by atoms with Crippen molar-refractivity contribution in [3.63, 3.8) is 0 Å². The van der Waals surface area contributed by atoms with Gasteiger partial charge < -0.3 is 10.7 Å². The topological polar surface area (TPSA) is 122 Å². The number of nitrogens with zero attached hydrogens (tertiary/aromatic N) is 5. The second-order valence-electron chi connectivity index (χ2n) is 7.32. The zero-order valence-electron chi connectivity index (χ0n) is 16.5. The van der Waals surface area contributed by atoms with Crippen molar-refractivity contribution in [2.45, 2.75) is 0 Å². The van der Waals surface area contributed by atoms with Gasteiger partial charge in [-0.3, -0.25) is 10.1 Å². The molecule has 5 aromatic heterocycles. The Morgan fingerprint density at radius 2 is 1.75 bits per heavy atom. The van der Waals surface area contributed by atoms with E-state index in [2.05, 4.69) is 30.1 Å². The SMILES string of the molecule is Nc1cncc(-c2cnc3[nH]nc(-c4nc5c(-c6ccccc6F)ccnc5[nH]4)c3c2)c1. The molecule has 9 heteroatoms. The number of hydrogen-bond acceptors (Lipinski definition) is 6. The Morgan fingerprint density at radius 3 is 2.62 bits per heavy atom. The van der Waals surface area contributed by atoms with Gasteiger partial charge in [-0.15, -0.1) is 0 Å². The van der Waals surface area contributed by atoms with Crippen LogP contribution in [0.15, 0.2) is 67.3 Å². The zero-order chi connectivity index (χ0) is 21.7. The Kier molecular flexibility index (Phi) is 3.94. The fourth-order valence-electron chi connectivity index (χ4n) is 3.78. The van der Waals surface area contributed by atoms with Gasteiger partial charge in [0.25, 0.3) is 0 Å². The average Bonchev–Trinajstić information content (AvgIpc) is 3.43. The highest BCUT2D eigenvalue weighted by molar-refractivity contribution is 5.96. The average molecular weight is 422 g/mol. The quantitative estimate of drug-likeness (QED) is 0.390. The fraction of sp³-hybridized carbons (Fsp3) is 0. The number of benzene rings is 1. The number of rotatable bonds is 3. The van der Waals surface area contributed by atoms with Crippen LogP contribution < -0.4 is 5.73 Å². The molecule has 0 spiro atoms. The molecular weight excluding hydrogens is 407 g/mol. The molecule has 4 N–H and O–H groups in total. The van der Waals surface area contributed by atoms with E-state index >= 15 is 0 Å². The van der Waals surface area contributed by atoms with E-state index in [1.165, 1.54) is 6.07 Å². The van der Waals surface area contributed by atoms with Crippen molar-refractivity contribution in [3.8, 4) is 33.8 Å². The Balaban J connectivity index is 1.52. The Morgan fingerprint density at radius 1 is 0.875 bits per heavy atom. The van der Waals surface area contributed by atoms with Gasteiger partial charge >= 0.3 is 0 Å². The molecule has 32 heavy (non-hydrogen) atoms. The first kappa shape index (κ1) is 18.1. The Labute approximate surface area is 180 Å². The number of hydrogen-bond donors (Lipinski definition) is 3. The highest BCUT2D eigenvalue weighted by Gasteiger charge is 2.18. The van der Waals surface area contributed by atoms with Crippen LogP contribution in [-0.4, -0.2) is 35.1 Å². The lowest BCUT2D eigenvalue weighted by Gasteiger charge is -2.03. The molecule has 0 amide bonds. The molecule has 0 fully saturated rings. The standard InChI is InChI=1S/C23H15FN8/c24-18-4-2-1-3-15(18)16-5-6-27-22-19(16)29-23(30-22)20-17-8-13(10-28-21(17)32-31-20)12-7-14(25)11-26-9-12/h1-11H,25H2,(H,27,29,30)(H,28,31,32). The summed E-state index contributed by atoms with van der Waals surface area (Å²) in [5.74, 6) is 0.187. The number of fused-ring (bicyclic) bond motifs is 2. The van der Waals surface area contributed by atoms with Crippen LogP contribution in [-0.2, 0) is 0 Å². The van der Waals surface area contributed by atoms with Crippen LogP contribution in [0.2, 0.25) is 0 Å². The molecule has 0 unspecified atom stereocenters. The van der Waals surface area contributed by atoms with Gasteiger partial charge in [0, 0.05) is 47.0 Å². The largest absolute Gasteiger partial charge is 0.397 e. The van der Waals surface area contributed by atoms with Gasteiger partial charge in [0.2, 0.25) is 0 Å². The molecule has 6 aromatic rings.